The summed E-state index contributed by atoms with van der Waals surface area (Å²) in [4.78, 5) is 0. The zero-order valence-electron chi connectivity index (χ0n) is 11.7. The quantitative estimate of drug-likeness (QED) is 0.560. The zero-order chi connectivity index (χ0) is 13.1. The van der Waals surface area contributed by atoms with Crippen molar-refractivity contribution in [1.82, 2.24) is 5.32 Å². The lowest BCUT2D eigenvalue weighted by atomic mass is 10.1. The van der Waals surface area contributed by atoms with Crippen LogP contribution in [0.2, 0.25) is 0 Å². The summed E-state index contributed by atoms with van der Waals surface area (Å²) in [6, 6.07) is 0. The van der Waals surface area contributed by atoms with Gasteiger partial charge in [0.2, 0.25) is 0 Å². The van der Waals surface area contributed by atoms with Gasteiger partial charge in [-0.3, -0.25) is 0 Å². The lowest BCUT2D eigenvalue weighted by Crippen LogP contribution is -2.33. The van der Waals surface area contributed by atoms with E-state index >= 15 is 0 Å². The van der Waals surface area contributed by atoms with Gasteiger partial charge < -0.3 is 15.2 Å². The van der Waals surface area contributed by atoms with E-state index < -0.39 is 0 Å². The van der Waals surface area contributed by atoms with E-state index in [4.69, 9.17) is 4.74 Å². The van der Waals surface area contributed by atoms with E-state index in [0.29, 0.717) is 18.4 Å². The minimum absolute atomic E-state index is 0.386. The third-order valence-corrected chi connectivity index (χ3v) is 3.57. The molecule has 0 aromatic rings. The molecule has 0 spiro atoms. The Kier molecular flexibility index (Phi) is 11.5. The van der Waals surface area contributed by atoms with Crippen molar-refractivity contribution in [3.8, 4) is 0 Å². The summed E-state index contributed by atoms with van der Waals surface area (Å²) in [5, 5.41) is 13.5. The van der Waals surface area contributed by atoms with Gasteiger partial charge in [0.05, 0.1) is 12.7 Å². The molecule has 17 heavy (non-hydrogen) atoms. The van der Waals surface area contributed by atoms with Crippen LogP contribution >= 0.6 is 11.8 Å². The van der Waals surface area contributed by atoms with Crippen molar-refractivity contribution in [2.24, 2.45) is 5.92 Å². The molecular weight excluding hydrogens is 234 g/mol. The monoisotopic (exact) mass is 263 g/mol. The summed E-state index contributed by atoms with van der Waals surface area (Å²) >= 11 is 1.83. The second-order valence-corrected chi connectivity index (χ2v) is 6.25. The molecule has 4 heteroatoms. The molecule has 104 valence electrons. The van der Waals surface area contributed by atoms with Crippen molar-refractivity contribution < 1.29 is 9.84 Å². The molecule has 0 aromatic carbocycles. The van der Waals surface area contributed by atoms with Gasteiger partial charge >= 0.3 is 0 Å². The van der Waals surface area contributed by atoms with E-state index in [-0.39, 0.29) is 6.10 Å². The van der Waals surface area contributed by atoms with E-state index in [1.54, 1.807) is 0 Å². The van der Waals surface area contributed by atoms with E-state index in [9.17, 15) is 5.11 Å². The molecule has 2 N–H and O–H groups in total. The highest BCUT2D eigenvalue weighted by molar-refractivity contribution is 7.99. The van der Waals surface area contributed by atoms with Crippen LogP contribution in [-0.2, 0) is 4.74 Å². The number of nitrogens with one attached hydrogen (secondary N) is 1. The molecule has 0 bridgehead atoms. The van der Waals surface area contributed by atoms with Crippen LogP contribution in [0, 0.1) is 5.92 Å². The molecule has 0 amide bonds. The molecule has 0 fully saturated rings. The summed E-state index contributed by atoms with van der Waals surface area (Å²) in [5.41, 5.74) is 0. The first-order valence-electron chi connectivity index (χ1n) is 6.55. The van der Waals surface area contributed by atoms with Crippen molar-refractivity contribution >= 4 is 11.8 Å². The summed E-state index contributed by atoms with van der Waals surface area (Å²) in [7, 11) is 0. The van der Waals surface area contributed by atoms with Crippen LogP contribution in [0.4, 0.5) is 0 Å². The predicted molar refractivity (Wildman–Crippen MR) is 76.7 cm³/mol. The lowest BCUT2D eigenvalue weighted by molar-refractivity contribution is 0.0349. The predicted octanol–water partition coefficient (Wildman–Crippen LogP) is 2.14. The Morgan fingerprint density at radius 3 is 2.53 bits per heavy atom. The molecular formula is C13H29NO2S. The molecule has 0 rings (SSSR count). The van der Waals surface area contributed by atoms with Gasteiger partial charge in [-0.25, -0.2) is 0 Å². The first kappa shape index (κ1) is 17.2. The maximum Gasteiger partial charge on any atom is 0.0897 e. The first-order valence-corrected chi connectivity index (χ1v) is 7.84. The fraction of sp³-hybridized carbons (Fsp3) is 1.00. The second kappa shape index (κ2) is 11.3. The maximum absolute atomic E-state index is 9.65. The Morgan fingerprint density at radius 1 is 1.24 bits per heavy atom. The number of ether oxygens (including phenoxy) is 1. The van der Waals surface area contributed by atoms with Gasteiger partial charge in [-0.2, -0.15) is 11.8 Å². The molecule has 0 heterocycles. The smallest absolute Gasteiger partial charge is 0.0897 e. The topological polar surface area (TPSA) is 41.5 Å². The van der Waals surface area contributed by atoms with Crippen molar-refractivity contribution in [2.75, 3.05) is 32.6 Å². The third-order valence-electron chi connectivity index (χ3n) is 2.59. The van der Waals surface area contributed by atoms with Crippen LogP contribution in [0.1, 0.15) is 33.6 Å². The minimum Gasteiger partial charge on any atom is -0.389 e. The van der Waals surface area contributed by atoms with E-state index in [0.717, 1.165) is 25.5 Å². The number of rotatable bonds is 11. The lowest BCUT2D eigenvalue weighted by Gasteiger charge is -2.14. The Morgan fingerprint density at radius 2 is 1.94 bits per heavy atom. The number of thioether (sulfide) groups is 1. The van der Waals surface area contributed by atoms with Crippen molar-refractivity contribution in [3.63, 3.8) is 0 Å². The summed E-state index contributed by atoms with van der Waals surface area (Å²) < 4.78 is 5.43. The third kappa shape index (κ3) is 12.5. The Hall–Kier alpha value is 0.230. The van der Waals surface area contributed by atoms with Gasteiger partial charge in [-0.15, -0.1) is 0 Å². The van der Waals surface area contributed by atoms with Crippen LogP contribution in [0.25, 0.3) is 0 Å². The molecule has 2 unspecified atom stereocenters. The largest absolute Gasteiger partial charge is 0.389 e. The van der Waals surface area contributed by atoms with E-state index in [2.05, 4.69) is 32.3 Å². The maximum atomic E-state index is 9.65. The molecule has 0 radical (unpaired) electrons. The molecule has 0 aromatic heterocycles. The zero-order valence-corrected chi connectivity index (χ0v) is 12.6. The van der Waals surface area contributed by atoms with Crippen LogP contribution in [0.15, 0.2) is 0 Å². The average Bonchev–Trinajstić information content (AvgIpc) is 2.27. The Labute approximate surface area is 111 Å². The highest BCUT2D eigenvalue weighted by Gasteiger charge is 2.05. The van der Waals surface area contributed by atoms with Crippen LogP contribution in [-0.4, -0.2) is 49.0 Å². The molecule has 2 atom stereocenters. The fourth-order valence-electron chi connectivity index (χ4n) is 1.41. The molecule has 0 aliphatic rings. The summed E-state index contributed by atoms with van der Waals surface area (Å²) in [6.45, 7) is 9.36. The minimum atomic E-state index is -0.386. The normalized spacial score (nSPS) is 15.2. The molecule has 0 aliphatic heterocycles. The van der Waals surface area contributed by atoms with Gasteiger partial charge in [0, 0.05) is 24.9 Å². The van der Waals surface area contributed by atoms with E-state index in [1.807, 2.05) is 11.8 Å². The standard InChI is InChI=1S/C13H29NO2S/c1-11(2)6-5-7-16-10-13(15)9-14-8-12(3)17-4/h11-15H,5-10H2,1-4H3. The molecule has 0 saturated heterocycles. The van der Waals surface area contributed by atoms with E-state index in [1.165, 1.54) is 6.42 Å². The van der Waals surface area contributed by atoms with Crippen molar-refractivity contribution in [1.29, 1.82) is 0 Å². The Balaban J connectivity index is 3.26. The molecule has 0 aliphatic carbocycles. The number of aliphatic hydroxyl groups excluding tert-OH is 1. The van der Waals surface area contributed by atoms with Gasteiger partial charge in [0.15, 0.2) is 0 Å². The van der Waals surface area contributed by atoms with Crippen LogP contribution < -0.4 is 5.32 Å². The average molecular weight is 263 g/mol. The highest BCUT2D eigenvalue weighted by Crippen LogP contribution is 2.03. The van der Waals surface area contributed by atoms with Crippen molar-refractivity contribution in [2.45, 2.75) is 45.0 Å². The molecule has 3 nitrogen and oxygen atoms in total. The summed E-state index contributed by atoms with van der Waals surface area (Å²) in [5.74, 6) is 0.734. The number of aliphatic hydroxyl groups is 1. The van der Waals surface area contributed by atoms with Gasteiger partial charge in [-0.1, -0.05) is 20.8 Å². The fourth-order valence-corrected chi connectivity index (χ4v) is 1.69. The second-order valence-electron chi connectivity index (χ2n) is 4.97. The highest BCUT2D eigenvalue weighted by atomic mass is 32.2. The van der Waals surface area contributed by atoms with Gasteiger partial charge in [0.25, 0.3) is 0 Å². The van der Waals surface area contributed by atoms with Gasteiger partial charge in [-0.05, 0) is 25.0 Å². The SMILES string of the molecule is CSC(C)CNCC(O)COCCCC(C)C. The van der Waals surface area contributed by atoms with Crippen molar-refractivity contribution in [3.05, 3.63) is 0 Å². The first-order chi connectivity index (χ1) is 8.06. The number of hydrogen-bond acceptors (Lipinski definition) is 4. The van der Waals surface area contributed by atoms with Gasteiger partial charge in [0.1, 0.15) is 0 Å². The molecule has 0 saturated carbocycles. The number of hydrogen-bond donors (Lipinski definition) is 2. The van der Waals surface area contributed by atoms with Crippen LogP contribution in [0.3, 0.4) is 0 Å². The summed E-state index contributed by atoms with van der Waals surface area (Å²) in [6.07, 6.45) is 3.99. The van der Waals surface area contributed by atoms with Crippen LogP contribution in [0.5, 0.6) is 0 Å². The Bertz CT molecular complexity index is 167.